The minimum atomic E-state index is -0.539. The normalized spacial score (nSPS) is 30.1. The third-order valence-electron chi connectivity index (χ3n) is 3.75. The molecule has 0 aliphatic carbocycles. The van der Waals surface area contributed by atoms with Crippen LogP contribution < -0.4 is 16.4 Å². The van der Waals surface area contributed by atoms with Gasteiger partial charge in [0.1, 0.15) is 0 Å². The summed E-state index contributed by atoms with van der Waals surface area (Å²) in [6.07, 6.45) is 7.66. The monoisotopic (exact) mass is 247 g/mol. The highest BCUT2D eigenvalue weighted by Gasteiger charge is 2.33. The van der Waals surface area contributed by atoms with Gasteiger partial charge < -0.3 is 16.4 Å². The molecular weight excluding hydrogens is 230 g/mol. The van der Waals surface area contributed by atoms with E-state index >= 15 is 0 Å². The number of rotatable bonds is 3. The van der Waals surface area contributed by atoms with Gasteiger partial charge in [-0.2, -0.15) is 0 Å². The lowest BCUT2D eigenvalue weighted by molar-refractivity contribution is 0.0996. The Labute approximate surface area is 105 Å². The topological polar surface area (TPSA) is 92.9 Å². The quantitative estimate of drug-likeness (QED) is 0.713. The molecule has 96 valence electrons. The Morgan fingerprint density at radius 3 is 2.61 bits per heavy atom. The van der Waals surface area contributed by atoms with E-state index in [4.69, 9.17) is 5.73 Å². The summed E-state index contributed by atoms with van der Waals surface area (Å²) in [7, 11) is 0. The van der Waals surface area contributed by atoms with Crippen molar-refractivity contribution in [1.29, 1.82) is 0 Å². The Morgan fingerprint density at radius 2 is 1.94 bits per heavy atom. The van der Waals surface area contributed by atoms with Gasteiger partial charge >= 0.3 is 0 Å². The minimum Gasteiger partial charge on any atom is -0.365 e. The summed E-state index contributed by atoms with van der Waals surface area (Å²) in [5, 5.41) is 6.89. The molecule has 1 amide bonds. The molecule has 0 spiro atoms. The summed E-state index contributed by atoms with van der Waals surface area (Å²) in [4.78, 5) is 19.4. The molecule has 2 aliphatic heterocycles. The van der Waals surface area contributed by atoms with E-state index in [0.717, 1.165) is 12.8 Å². The molecule has 0 saturated carbocycles. The van der Waals surface area contributed by atoms with E-state index in [0.29, 0.717) is 23.9 Å². The second-order valence-electron chi connectivity index (χ2n) is 5.07. The number of nitrogens with zero attached hydrogens (tertiary/aromatic N) is 2. The molecule has 0 radical (unpaired) electrons. The second kappa shape index (κ2) is 4.53. The molecule has 1 aromatic heterocycles. The van der Waals surface area contributed by atoms with Crippen LogP contribution in [0.15, 0.2) is 12.4 Å². The third-order valence-corrected chi connectivity index (χ3v) is 3.75. The van der Waals surface area contributed by atoms with Crippen molar-refractivity contribution in [1.82, 2.24) is 15.3 Å². The van der Waals surface area contributed by atoms with Crippen LogP contribution in [0.5, 0.6) is 0 Å². The molecule has 1 aromatic rings. The van der Waals surface area contributed by atoms with Crippen LogP contribution in [0.3, 0.4) is 0 Å². The first-order chi connectivity index (χ1) is 8.72. The zero-order valence-electron chi connectivity index (χ0n) is 10.1. The second-order valence-corrected chi connectivity index (χ2v) is 5.07. The van der Waals surface area contributed by atoms with Gasteiger partial charge in [0.2, 0.25) is 0 Å². The molecule has 2 bridgehead atoms. The molecule has 3 heterocycles. The molecule has 6 heteroatoms. The minimum absolute atomic E-state index is 0.225. The van der Waals surface area contributed by atoms with Crippen LogP contribution >= 0.6 is 0 Å². The number of carbonyl (C=O) groups excluding carboxylic acids is 1. The Kier molecular flexibility index (Phi) is 2.87. The maximum atomic E-state index is 11.3. The average molecular weight is 247 g/mol. The first-order valence-electron chi connectivity index (χ1n) is 6.36. The number of nitrogens with two attached hydrogens (primary N) is 1. The van der Waals surface area contributed by atoms with Crippen LogP contribution in [0, 0.1) is 0 Å². The van der Waals surface area contributed by atoms with Crippen LogP contribution in [-0.4, -0.2) is 34.0 Å². The molecule has 2 unspecified atom stereocenters. The number of amides is 1. The molecule has 2 fully saturated rings. The predicted octanol–water partition coefficient (Wildman–Crippen LogP) is 0.270. The molecule has 3 rings (SSSR count). The summed E-state index contributed by atoms with van der Waals surface area (Å²) in [6, 6.07) is 1.53. The first-order valence-corrected chi connectivity index (χ1v) is 6.36. The number of anilines is 1. The highest BCUT2D eigenvalue weighted by Crippen LogP contribution is 2.28. The number of nitrogens with one attached hydrogen (secondary N) is 2. The highest BCUT2D eigenvalue weighted by molar-refractivity contribution is 5.95. The Balaban J connectivity index is 1.75. The van der Waals surface area contributed by atoms with Gasteiger partial charge in [-0.15, -0.1) is 0 Å². The standard InChI is InChI=1S/C12H17N5O/c13-11(18)10-12(15-4-3-14-10)17-9-5-7-1-2-8(6-9)16-7/h3-4,7-9,16H,1-2,5-6H2,(H2,13,18)(H,15,17). The van der Waals surface area contributed by atoms with E-state index in [9.17, 15) is 4.79 Å². The summed E-state index contributed by atoms with van der Waals surface area (Å²) < 4.78 is 0. The summed E-state index contributed by atoms with van der Waals surface area (Å²) in [5.41, 5.74) is 5.52. The van der Waals surface area contributed by atoms with Gasteiger partial charge in [0.05, 0.1) is 0 Å². The van der Waals surface area contributed by atoms with Crippen LogP contribution in [0.25, 0.3) is 0 Å². The number of hydrogen-bond donors (Lipinski definition) is 3. The Bertz CT molecular complexity index is 452. The van der Waals surface area contributed by atoms with Crippen molar-refractivity contribution < 1.29 is 4.79 Å². The van der Waals surface area contributed by atoms with Crippen molar-refractivity contribution >= 4 is 11.7 Å². The van der Waals surface area contributed by atoms with E-state index in [1.807, 2.05) is 0 Å². The van der Waals surface area contributed by atoms with Gasteiger partial charge in [-0.3, -0.25) is 4.79 Å². The molecule has 2 aliphatic rings. The van der Waals surface area contributed by atoms with E-state index < -0.39 is 5.91 Å². The number of aromatic nitrogens is 2. The van der Waals surface area contributed by atoms with Crippen molar-refractivity contribution in [2.24, 2.45) is 5.73 Å². The molecule has 4 N–H and O–H groups in total. The largest absolute Gasteiger partial charge is 0.365 e. The average Bonchev–Trinajstić information content (AvgIpc) is 2.69. The van der Waals surface area contributed by atoms with Crippen LogP contribution in [0.4, 0.5) is 5.82 Å². The lowest BCUT2D eigenvalue weighted by Gasteiger charge is -2.30. The van der Waals surface area contributed by atoms with Crippen LogP contribution in [0.1, 0.15) is 36.2 Å². The van der Waals surface area contributed by atoms with Gasteiger partial charge in [0, 0.05) is 30.5 Å². The van der Waals surface area contributed by atoms with Gasteiger partial charge in [-0.05, 0) is 25.7 Å². The van der Waals surface area contributed by atoms with Crippen molar-refractivity contribution in [2.75, 3.05) is 5.32 Å². The molecule has 2 atom stereocenters. The summed E-state index contributed by atoms with van der Waals surface area (Å²) in [6.45, 7) is 0. The fourth-order valence-corrected chi connectivity index (χ4v) is 2.99. The molecule has 0 aromatic carbocycles. The maximum Gasteiger partial charge on any atom is 0.271 e. The lowest BCUT2D eigenvalue weighted by Crippen LogP contribution is -2.43. The van der Waals surface area contributed by atoms with Crippen LogP contribution in [-0.2, 0) is 0 Å². The van der Waals surface area contributed by atoms with Gasteiger partial charge in [0.15, 0.2) is 11.5 Å². The smallest absolute Gasteiger partial charge is 0.271 e. The van der Waals surface area contributed by atoms with Gasteiger partial charge in [-0.25, -0.2) is 9.97 Å². The van der Waals surface area contributed by atoms with Crippen LogP contribution in [0.2, 0.25) is 0 Å². The predicted molar refractivity (Wildman–Crippen MR) is 67.1 cm³/mol. The van der Waals surface area contributed by atoms with Crippen molar-refractivity contribution in [3.8, 4) is 0 Å². The highest BCUT2D eigenvalue weighted by atomic mass is 16.1. The number of piperidine rings is 1. The van der Waals surface area contributed by atoms with E-state index in [1.165, 1.54) is 19.0 Å². The number of carbonyl (C=O) groups is 1. The first kappa shape index (κ1) is 11.4. The molecule has 6 nitrogen and oxygen atoms in total. The number of hydrogen-bond acceptors (Lipinski definition) is 5. The van der Waals surface area contributed by atoms with Gasteiger partial charge in [-0.1, -0.05) is 0 Å². The molecule has 18 heavy (non-hydrogen) atoms. The lowest BCUT2D eigenvalue weighted by atomic mass is 10.00. The van der Waals surface area contributed by atoms with Crippen molar-refractivity contribution in [3.63, 3.8) is 0 Å². The van der Waals surface area contributed by atoms with Crippen molar-refractivity contribution in [2.45, 2.75) is 43.8 Å². The van der Waals surface area contributed by atoms with Gasteiger partial charge in [0.25, 0.3) is 5.91 Å². The number of fused-ring (bicyclic) bond motifs is 2. The zero-order chi connectivity index (χ0) is 12.5. The fraction of sp³-hybridized carbons (Fsp3) is 0.583. The molecule has 2 saturated heterocycles. The summed E-state index contributed by atoms with van der Waals surface area (Å²) in [5.74, 6) is -0.0289. The van der Waals surface area contributed by atoms with E-state index in [-0.39, 0.29) is 5.69 Å². The number of primary amides is 1. The third kappa shape index (κ3) is 2.15. The van der Waals surface area contributed by atoms with Crippen molar-refractivity contribution in [3.05, 3.63) is 18.1 Å². The fourth-order valence-electron chi connectivity index (χ4n) is 2.99. The summed E-state index contributed by atoms with van der Waals surface area (Å²) >= 11 is 0. The van der Waals surface area contributed by atoms with E-state index in [1.54, 1.807) is 6.20 Å². The maximum absolute atomic E-state index is 11.3. The Hall–Kier alpha value is -1.69. The van der Waals surface area contributed by atoms with E-state index in [2.05, 4.69) is 20.6 Å². The zero-order valence-corrected chi connectivity index (χ0v) is 10.1. The Morgan fingerprint density at radius 1 is 1.28 bits per heavy atom. The molecular formula is C12H17N5O. The SMILES string of the molecule is NC(=O)c1nccnc1NC1CC2CCC(C1)N2.